The van der Waals surface area contributed by atoms with Gasteiger partial charge >= 0.3 is 0 Å². The minimum Gasteiger partial charge on any atom is -0.497 e. The Kier molecular flexibility index (Phi) is 8.17. The zero-order valence-corrected chi connectivity index (χ0v) is 20.5. The number of carbonyl (C=O) groups is 2. The summed E-state index contributed by atoms with van der Waals surface area (Å²) in [7, 11) is 3.09. The van der Waals surface area contributed by atoms with Crippen LogP contribution >= 0.6 is 0 Å². The summed E-state index contributed by atoms with van der Waals surface area (Å²) in [4.78, 5) is 28.0. The Labute approximate surface area is 200 Å². The third-order valence-electron chi connectivity index (χ3n) is 5.12. The maximum absolute atomic E-state index is 13.4. The molecule has 1 N–H and O–H groups in total. The maximum Gasteiger partial charge on any atom is 0.278 e. The van der Waals surface area contributed by atoms with E-state index in [9.17, 15) is 9.59 Å². The zero-order chi connectivity index (χ0) is 24.8. The molecule has 0 fully saturated rings. The van der Waals surface area contributed by atoms with Gasteiger partial charge in [-0.25, -0.2) is 0 Å². The van der Waals surface area contributed by atoms with Gasteiger partial charge in [-0.3, -0.25) is 14.5 Å². The molecule has 0 saturated carbocycles. The number of ether oxygens (including phenoxy) is 4. The number of hydrogen-bond acceptors (Lipinski definition) is 7. The summed E-state index contributed by atoms with van der Waals surface area (Å²) < 4.78 is 22.0. The average Bonchev–Trinajstić information content (AvgIpc) is 3.03. The first-order valence-electron chi connectivity index (χ1n) is 11.2. The first-order valence-corrected chi connectivity index (χ1v) is 11.2. The van der Waals surface area contributed by atoms with Crippen LogP contribution in [0.5, 0.6) is 17.2 Å². The van der Waals surface area contributed by atoms with Crippen LogP contribution < -0.4 is 19.5 Å². The SMILES string of the molecule is COc1ccc(OC)c(NC2=C(c3ccc(OC(C)C)cc3)C(=O)N(CCOC(C)C)C2=O)c1. The number of imide groups is 1. The Morgan fingerprint density at radius 2 is 1.53 bits per heavy atom. The Balaban J connectivity index is 2.01. The summed E-state index contributed by atoms with van der Waals surface area (Å²) in [6.45, 7) is 8.08. The summed E-state index contributed by atoms with van der Waals surface area (Å²) >= 11 is 0. The van der Waals surface area contributed by atoms with Crippen molar-refractivity contribution in [1.29, 1.82) is 0 Å². The molecule has 0 spiro atoms. The van der Waals surface area contributed by atoms with Gasteiger partial charge < -0.3 is 24.3 Å². The number of nitrogens with one attached hydrogen (secondary N) is 1. The van der Waals surface area contributed by atoms with Gasteiger partial charge in [0.2, 0.25) is 0 Å². The topological polar surface area (TPSA) is 86.3 Å². The van der Waals surface area contributed by atoms with E-state index in [0.717, 1.165) is 0 Å². The van der Waals surface area contributed by atoms with Crippen molar-refractivity contribution in [1.82, 2.24) is 4.90 Å². The second kappa shape index (κ2) is 11.1. The lowest BCUT2D eigenvalue weighted by Gasteiger charge is -2.17. The number of anilines is 1. The molecule has 0 saturated heterocycles. The molecule has 0 aromatic heterocycles. The van der Waals surface area contributed by atoms with Crippen molar-refractivity contribution in [3.63, 3.8) is 0 Å². The molecule has 2 aromatic carbocycles. The van der Waals surface area contributed by atoms with Crippen molar-refractivity contribution < 1.29 is 28.5 Å². The highest BCUT2D eigenvalue weighted by Gasteiger charge is 2.39. The maximum atomic E-state index is 13.4. The fourth-order valence-corrected chi connectivity index (χ4v) is 3.56. The summed E-state index contributed by atoms with van der Waals surface area (Å²) in [6, 6.07) is 12.3. The van der Waals surface area contributed by atoms with Crippen LogP contribution in [0.15, 0.2) is 48.2 Å². The van der Waals surface area contributed by atoms with Gasteiger partial charge in [0.05, 0.1) is 50.8 Å². The molecule has 1 aliphatic rings. The van der Waals surface area contributed by atoms with Crippen molar-refractivity contribution >= 4 is 23.1 Å². The van der Waals surface area contributed by atoms with E-state index in [1.165, 1.54) is 12.0 Å². The van der Waals surface area contributed by atoms with E-state index >= 15 is 0 Å². The van der Waals surface area contributed by atoms with Gasteiger partial charge in [-0.1, -0.05) is 12.1 Å². The molecule has 8 heteroatoms. The van der Waals surface area contributed by atoms with Crippen LogP contribution in [0.3, 0.4) is 0 Å². The van der Waals surface area contributed by atoms with Gasteiger partial charge in [0.15, 0.2) is 0 Å². The lowest BCUT2D eigenvalue weighted by Crippen LogP contribution is -2.35. The number of methoxy groups -OCH3 is 2. The number of amides is 2. The van der Waals surface area contributed by atoms with Gasteiger partial charge in [0.25, 0.3) is 11.8 Å². The van der Waals surface area contributed by atoms with Crippen molar-refractivity contribution in [2.24, 2.45) is 0 Å². The summed E-state index contributed by atoms with van der Waals surface area (Å²) in [5.41, 5.74) is 1.55. The molecule has 0 bridgehead atoms. The predicted molar refractivity (Wildman–Crippen MR) is 130 cm³/mol. The monoisotopic (exact) mass is 468 g/mol. The fourth-order valence-electron chi connectivity index (χ4n) is 3.56. The van der Waals surface area contributed by atoms with Crippen LogP contribution in [0.25, 0.3) is 5.57 Å². The van der Waals surface area contributed by atoms with E-state index in [1.807, 2.05) is 27.7 Å². The normalized spacial score (nSPS) is 13.8. The highest BCUT2D eigenvalue weighted by molar-refractivity contribution is 6.36. The molecule has 1 aliphatic heterocycles. The molecule has 0 unspecified atom stereocenters. The van der Waals surface area contributed by atoms with Gasteiger partial charge in [0, 0.05) is 6.07 Å². The second-order valence-electron chi connectivity index (χ2n) is 8.31. The number of benzene rings is 2. The Morgan fingerprint density at radius 3 is 2.12 bits per heavy atom. The van der Waals surface area contributed by atoms with Crippen LogP contribution in [0.2, 0.25) is 0 Å². The number of hydrogen-bond donors (Lipinski definition) is 1. The van der Waals surface area contributed by atoms with Gasteiger partial charge in [-0.05, 0) is 57.5 Å². The predicted octanol–water partition coefficient (Wildman–Crippen LogP) is 4.11. The van der Waals surface area contributed by atoms with E-state index in [1.54, 1.807) is 49.6 Å². The van der Waals surface area contributed by atoms with E-state index in [0.29, 0.717) is 28.5 Å². The quantitative estimate of drug-likeness (QED) is 0.497. The molecular weight excluding hydrogens is 436 g/mol. The highest BCUT2D eigenvalue weighted by Crippen LogP contribution is 2.35. The molecule has 182 valence electrons. The standard InChI is InChI=1S/C26H32N2O6/c1-16(2)33-14-13-28-25(29)23(18-7-9-19(10-8-18)34-17(3)4)24(26(28)30)27-21-15-20(31-5)11-12-22(21)32-6/h7-12,15-17,27H,13-14H2,1-6H3. The third kappa shape index (κ3) is 5.69. The lowest BCUT2D eigenvalue weighted by atomic mass is 10.0. The minimum atomic E-state index is -0.431. The van der Waals surface area contributed by atoms with Crippen molar-refractivity contribution in [3.05, 3.63) is 53.7 Å². The summed E-state index contributed by atoms with van der Waals surface area (Å²) in [6.07, 6.45) is 0.0151. The van der Waals surface area contributed by atoms with E-state index in [2.05, 4.69) is 5.32 Å². The summed E-state index contributed by atoms with van der Waals surface area (Å²) in [5.74, 6) is 0.955. The average molecular weight is 469 g/mol. The molecule has 3 rings (SSSR count). The zero-order valence-electron chi connectivity index (χ0n) is 20.5. The van der Waals surface area contributed by atoms with Crippen LogP contribution in [0, 0.1) is 0 Å². The van der Waals surface area contributed by atoms with Crippen LogP contribution in [0.4, 0.5) is 5.69 Å². The van der Waals surface area contributed by atoms with Crippen molar-refractivity contribution in [2.45, 2.75) is 39.9 Å². The van der Waals surface area contributed by atoms with Crippen LogP contribution in [0.1, 0.15) is 33.3 Å². The molecular formula is C26H32N2O6. The molecule has 2 aromatic rings. The summed E-state index contributed by atoms with van der Waals surface area (Å²) in [5, 5.41) is 3.13. The molecule has 0 aliphatic carbocycles. The first-order chi connectivity index (χ1) is 16.2. The first kappa shape index (κ1) is 25.1. The van der Waals surface area contributed by atoms with Crippen LogP contribution in [-0.4, -0.2) is 56.3 Å². The van der Waals surface area contributed by atoms with Crippen molar-refractivity contribution in [2.75, 3.05) is 32.7 Å². The van der Waals surface area contributed by atoms with Gasteiger partial charge in [-0.15, -0.1) is 0 Å². The molecule has 8 nitrogen and oxygen atoms in total. The number of nitrogens with zero attached hydrogens (tertiary/aromatic N) is 1. The highest BCUT2D eigenvalue weighted by atomic mass is 16.5. The van der Waals surface area contributed by atoms with Crippen LogP contribution in [-0.2, 0) is 14.3 Å². The second-order valence-corrected chi connectivity index (χ2v) is 8.31. The smallest absolute Gasteiger partial charge is 0.278 e. The molecule has 0 atom stereocenters. The molecule has 0 radical (unpaired) electrons. The third-order valence-corrected chi connectivity index (χ3v) is 5.12. The molecule has 34 heavy (non-hydrogen) atoms. The molecule has 1 heterocycles. The Morgan fingerprint density at radius 1 is 0.853 bits per heavy atom. The lowest BCUT2D eigenvalue weighted by molar-refractivity contribution is -0.137. The van der Waals surface area contributed by atoms with E-state index in [4.69, 9.17) is 18.9 Å². The van der Waals surface area contributed by atoms with Gasteiger partial charge in [-0.2, -0.15) is 0 Å². The van der Waals surface area contributed by atoms with Gasteiger partial charge in [0.1, 0.15) is 22.9 Å². The minimum absolute atomic E-state index is 0.00706. The number of rotatable bonds is 11. The van der Waals surface area contributed by atoms with Crippen molar-refractivity contribution in [3.8, 4) is 17.2 Å². The fraction of sp³-hybridized carbons (Fsp3) is 0.385. The van der Waals surface area contributed by atoms with E-state index in [-0.39, 0.29) is 42.5 Å². The largest absolute Gasteiger partial charge is 0.497 e. The van der Waals surface area contributed by atoms with E-state index < -0.39 is 5.91 Å². The number of carbonyl (C=O) groups excluding carboxylic acids is 2. The Hall–Kier alpha value is -3.52. The molecule has 2 amide bonds. The Bertz CT molecular complexity index is 1060.